The van der Waals surface area contributed by atoms with E-state index in [-0.39, 0.29) is 6.04 Å². The molecule has 0 bridgehead atoms. The minimum absolute atomic E-state index is 0.188. The zero-order valence-corrected chi connectivity index (χ0v) is 13.0. The van der Waals surface area contributed by atoms with E-state index in [2.05, 4.69) is 36.5 Å². The number of aryl methyl sites for hydroxylation is 2. The molecule has 3 nitrogen and oxygen atoms in total. The van der Waals surface area contributed by atoms with E-state index in [0.717, 1.165) is 43.3 Å². The molecule has 0 radical (unpaired) electrons. The van der Waals surface area contributed by atoms with Gasteiger partial charge in [-0.15, -0.1) is 0 Å². The van der Waals surface area contributed by atoms with Crippen LogP contribution in [0.25, 0.3) is 0 Å². The maximum atomic E-state index is 5.72. The van der Waals surface area contributed by atoms with E-state index in [1.54, 1.807) is 0 Å². The van der Waals surface area contributed by atoms with Gasteiger partial charge in [0, 0.05) is 12.0 Å². The molecule has 112 valence electrons. The number of ether oxygens (including phenoxy) is 1. The summed E-state index contributed by atoms with van der Waals surface area (Å²) >= 11 is 0. The predicted molar refractivity (Wildman–Crippen MR) is 84.0 cm³/mol. The van der Waals surface area contributed by atoms with Crippen molar-refractivity contribution in [1.82, 2.24) is 5.32 Å². The topological polar surface area (TPSA) is 34.4 Å². The van der Waals surface area contributed by atoms with Crippen LogP contribution in [-0.4, -0.2) is 13.2 Å². The lowest BCUT2D eigenvalue weighted by molar-refractivity contribution is 0.357. The van der Waals surface area contributed by atoms with Crippen molar-refractivity contribution in [1.29, 1.82) is 0 Å². The van der Waals surface area contributed by atoms with Gasteiger partial charge >= 0.3 is 0 Å². The first-order valence-electron chi connectivity index (χ1n) is 7.75. The first-order chi connectivity index (χ1) is 10.2. The molecule has 1 aromatic heterocycles. The molecule has 3 rings (SSSR count). The molecule has 1 aliphatic rings. The molecule has 0 spiro atoms. The highest BCUT2D eigenvalue weighted by atomic mass is 16.5. The highest BCUT2D eigenvalue weighted by Crippen LogP contribution is 2.32. The van der Waals surface area contributed by atoms with Crippen molar-refractivity contribution < 1.29 is 9.15 Å². The molecule has 0 fully saturated rings. The van der Waals surface area contributed by atoms with Gasteiger partial charge in [-0.25, -0.2) is 0 Å². The molecule has 0 saturated heterocycles. The zero-order valence-electron chi connectivity index (χ0n) is 13.0. The third-order valence-electron chi connectivity index (χ3n) is 4.04. The number of furan rings is 1. The SMILES string of the molecule is CCCNC(c1ccc2c(c1)CCO2)c1cc(C)oc1C. The Morgan fingerprint density at radius 3 is 2.81 bits per heavy atom. The van der Waals surface area contributed by atoms with Gasteiger partial charge in [0.05, 0.1) is 12.6 Å². The molecule has 2 heterocycles. The van der Waals surface area contributed by atoms with Crippen LogP contribution in [0.4, 0.5) is 0 Å². The molecule has 2 aromatic rings. The Kier molecular flexibility index (Phi) is 4.02. The second-order valence-corrected chi connectivity index (χ2v) is 5.72. The van der Waals surface area contributed by atoms with E-state index in [0.29, 0.717) is 0 Å². The number of hydrogen-bond donors (Lipinski definition) is 1. The highest BCUT2D eigenvalue weighted by molar-refractivity contribution is 5.44. The molecule has 0 amide bonds. The van der Waals surface area contributed by atoms with Gasteiger partial charge in [0.2, 0.25) is 0 Å². The van der Waals surface area contributed by atoms with E-state index in [9.17, 15) is 0 Å². The molecule has 1 unspecified atom stereocenters. The van der Waals surface area contributed by atoms with Crippen LogP contribution in [0, 0.1) is 13.8 Å². The molecule has 1 N–H and O–H groups in total. The lowest BCUT2D eigenvalue weighted by Gasteiger charge is -2.19. The fourth-order valence-corrected chi connectivity index (χ4v) is 3.02. The number of hydrogen-bond acceptors (Lipinski definition) is 3. The maximum Gasteiger partial charge on any atom is 0.122 e. The van der Waals surface area contributed by atoms with Gasteiger partial charge in [-0.05, 0) is 50.1 Å². The monoisotopic (exact) mass is 285 g/mol. The molecule has 1 atom stereocenters. The third-order valence-corrected chi connectivity index (χ3v) is 4.04. The molecule has 1 aliphatic heterocycles. The number of benzene rings is 1. The van der Waals surface area contributed by atoms with Crippen molar-refractivity contribution >= 4 is 0 Å². The Balaban J connectivity index is 1.97. The minimum Gasteiger partial charge on any atom is -0.493 e. The average molecular weight is 285 g/mol. The summed E-state index contributed by atoms with van der Waals surface area (Å²) in [7, 11) is 0. The smallest absolute Gasteiger partial charge is 0.122 e. The Hall–Kier alpha value is -1.74. The van der Waals surface area contributed by atoms with Crippen LogP contribution in [0.5, 0.6) is 5.75 Å². The third kappa shape index (κ3) is 2.84. The van der Waals surface area contributed by atoms with Crippen LogP contribution in [0.2, 0.25) is 0 Å². The Bertz CT molecular complexity index is 630. The minimum atomic E-state index is 0.188. The van der Waals surface area contributed by atoms with E-state index in [1.807, 2.05) is 13.8 Å². The zero-order chi connectivity index (χ0) is 14.8. The molecule has 1 aromatic carbocycles. The van der Waals surface area contributed by atoms with Crippen molar-refractivity contribution in [2.45, 2.75) is 39.7 Å². The van der Waals surface area contributed by atoms with E-state index < -0.39 is 0 Å². The summed E-state index contributed by atoms with van der Waals surface area (Å²) in [6.07, 6.45) is 2.12. The van der Waals surface area contributed by atoms with Crippen LogP contribution in [0.3, 0.4) is 0 Å². The van der Waals surface area contributed by atoms with Gasteiger partial charge in [0.25, 0.3) is 0 Å². The lowest BCUT2D eigenvalue weighted by Crippen LogP contribution is -2.23. The van der Waals surface area contributed by atoms with Gasteiger partial charge in [-0.3, -0.25) is 0 Å². The van der Waals surface area contributed by atoms with Crippen molar-refractivity contribution in [2.75, 3.05) is 13.2 Å². The molecule has 3 heteroatoms. The second kappa shape index (κ2) is 5.94. The standard InChI is InChI=1S/C18H23NO2/c1-4-8-19-18(16-10-12(2)21-13(16)3)15-5-6-17-14(11-15)7-9-20-17/h5-6,10-11,18-19H,4,7-9H2,1-3H3. The predicted octanol–water partition coefficient (Wildman–Crippen LogP) is 3.92. The average Bonchev–Trinajstić information content (AvgIpc) is 3.05. The first-order valence-corrected chi connectivity index (χ1v) is 7.75. The lowest BCUT2D eigenvalue weighted by atomic mass is 9.96. The summed E-state index contributed by atoms with van der Waals surface area (Å²) in [4.78, 5) is 0. The fourth-order valence-electron chi connectivity index (χ4n) is 3.02. The summed E-state index contributed by atoms with van der Waals surface area (Å²) in [5.74, 6) is 3.00. The first kappa shape index (κ1) is 14.2. The molecule has 0 saturated carbocycles. The Morgan fingerprint density at radius 1 is 1.24 bits per heavy atom. The highest BCUT2D eigenvalue weighted by Gasteiger charge is 2.21. The fraction of sp³-hybridized carbons (Fsp3) is 0.444. The number of fused-ring (bicyclic) bond motifs is 1. The Morgan fingerprint density at radius 2 is 2.10 bits per heavy atom. The van der Waals surface area contributed by atoms with Crippen LogP contribution >= 0.6 is 0 Å². The summed E-state index contributed by atoms with van der Waals surface area (Å²) in [6, 6.07) is 8.87. The van der Waals surface area contributed by atoms with Crippen LogP contribution in [-0.2, 0) is 6.42 Å². The van der Waals surface area contributed by atoms with Gasteiger partial charge in [-0.1, -0.05) is 19.1 Å². The molecule has 0 aliphatic carbocycles. The summed E-state index contributed by atoms with van der Waals surface area (Å²) < 4.78 is 11.3. The van der Waals surface area contributed by atoms with Gasteiger partial charge in [0.15, 0.2) is 0 Å². The van der Waals surface area contributed by atoms with Crippen molar-refractivity contribution in [2.24, 2.45) is 0 Å². The van der Waals surface area contributed by atoms with Crippen molar-refractivity contribution in [3.8, 4) is 5.75 Å². The maximum absolute atomic E-state index is 5.72. The normalized spacial score (nSPS) is 14.8. The summed E-state index contributed by atoms with van der Waals surface area (Å²) in [5.41, 5.74) is 3.84. The van der Waals surface area contributed by atoms with Crippen LogP contribution in [0.1, 0.15) is 47.6 Å². The molecular weight excluding hydrogens is 262 g/mol. The largest absolute Gasteiger partial charge is 0.493 e. The van der Waals surface area contributed by atoms with Crippen LogP contribution in [0.15, 0.2) is 28.7 Å². The van der Waals surface area contributed by atoms with Gasteiger partial charge < -0.3 is 14.5 Å². The summed E-state index contributed by atoms with van der Waals surface area (Å²) in [5, 5.41) is 3.65. The van der Waals surface area contributed by atoms with Crippen molar-refractivity contribution in [3.63, 3.8) is 0 Å². The second-order valence-electron chi connectivity index (χ2n) is 5.72. The van der Waals surface area contributed by atoms with Crippen molar-refractivity contribution in [3.05, 3.63) is 52.5 Å². The quantitative estimate of drug-likeness (QED) is 0.904. The van der Waals surface area contributed by atoms with E-state index in [1.165, 1.54) is 16.7 Å². The molecule has 21 heavy (non-hydrogen) atoms. The molecular formula is C18H23NO2. The summed E-state index contributed by atoms with van der Waals surface area (Å²) in [6.45, 7) is 8.02. The van der Waals surface area contributed by atoms with E-state index >= 15 is 0 Å². The van der Waals surface area contributed by atoms with Gasteiger partial charge in [0.1, 0.15) is 17.3 Å². The van der Waals surface area contributed by atoms with Gasteiger partial charge in [-0.2, -0.15) is 0 Å². The Labute approximate surface area is 126 Å². The number of rotatable bonds is 5. The van der Waals surface area contributed by atoms with E-state index in [4.69, 9.17) is 9.15 Å². The number of nitrogens with one attached hydrogen (secondary N) is 1. The van der Waals surface area contributed by atoms with Crippen LogP contribution < -0.4 is 10.1 Å².